The number of hydrogen-bond donors (Lipinski definition) is 2. The zero-order valence-electron chi connectivity index (χ0n) is 18.3. The summed E-state index contributed by atoms with van der Waals surface area (Å²) in [4.78, 5) is 7.48. The summed E-state index contributed by atoms with van der Waals surface area (Å²) in [5.41, 5.74) is 2.70. The molecule has 0 fully saturated rings. The Morgan fingerprint density at radius 2 is 1.64 bits per heavy atom. The number of hydrogen-bond acceptors (Lipinski definition) is 4. The minimum atomic E-state index is -4.42. The smallest absolute Gasteiger partial charge is 0.416 e. The molecule has 33 heavy (non-hydrogen) atoms. The van der Waals surface area contributed by atoms with Crippen molar-refractivity contribution >= 4 is 22.6 Å². The van der Waals surface area contributed by atoms with Crippen LogP contribution in [0.4, 0.5) is 18.9 Å². The Hall–Kier alpha value is -2.97. The summed E-state index contributed by atoms with van der Waals surface area (Å²) < 4.78 is 38.9. The molecule has 2 N–H and O–H groups in total. The van der Waals surface area contributed by atoms with E-state index in [1.807, 2.05) is 30.9 Å². The van der Waals surface area contributed by atoms with Gasteiger partial charge in [0.1, 0.15) is 5.75 Å². The molecule has 4 nitrogen and oxygen atoms in total. The van der Waals surface area contributed by atoms with Crippen LogP contribution in [0.25, 0.3) is 0 Å². The summed E-state index contributed by atoms with van der Waals surface area (Å²) in [7, 11) is 0. The third kappa shape index (κ3) is 7.00. The van der Waals surface area contributed by atoms with Crippen molar-refractivity contribution in [1.82, 2.24) is 4.90 Å². The van der Waals surface area contributed by atoms with Crippen molar-refractivity contribution < 1.29 is 23.4 Å². The molecule has 0 aliphatic heterocycles. The molecule has 3 rings (SSSR count). The van der Waals surface area contributed by atoms with Gasteiger partial charge in [-0.05, 0) is 67.4 Å². The zero-order valence-corrected chi connectivity index (χ0v) is 19.1. The molecule has 0 bridgehead atoms. The largest absolute Gasteiger partial charge is 0.508 e. The highest BCUT2D eigenvalue weighted by Crippen LogP contribution is 2.32. The summed E-state index contributed by atoms with van der Waals surface area (Å²) in [5, 5.41) is 19.8. The lowest BCUT2D eigenvalue weighted by atomic mass is 10.2. The molecule has 8 heteroatoms. The standard InChI is InChI=1S/C25H25F3N2O2S/c1-17-3-12-23(18(2)15-17)33-24(29-21-8-6-20(7-9-21)25(26,27)28)30(13-14-31)16-19-4-10-22(32)11-5-19/h3-12,15,31-32H,13-14,16H2,1-2H3. The van der Waals surface area contributed by atoms with Gasteiger partial charge in [0.15, 0.2) is 5.17 Å². The van der Waals surface area contributed by atoms with E-state index in [9.17, 15) is 23.4 Å². The van der Waals surface area contributed by atoms with Crippen molar-refractivity contribution in [3.8, 4) is 5.75 Å². The van der Waals surface area contributed by atoms with E-state index in [0.717, 1.165) is 33.7 Å². The third-order valence-electron chi connectivity index (χ3n) is 4.90. The van der Waals surface area contributed by atoms with Gasteiger partial charge in [0.2, 0.25) is 0 Å². The molecule has 0 heterocycles. The number of rotatable bonds is 6. The maximum atomic E-state index is 13.0. The number of thioether (sulfide) groups is 1. The summed E-state index contributed by atoms with van der Waals surface area (Å²) in [5.74, 6) is 0.149. The van der Waals surface area contributed by atoms with Crippen molar-refractivity contribution in [3.05, 3.63) is 89.0 Å². The average molecular weight is 475 g/mol. The molecule has 0 aliphatic carbocycles. The van der Waals surface area contributed by atoms with Gasteiger partial charge in [-0.15, -0.1) is 0 Å². The molecular weight excluding hydrogens is 449 g/mol. The summed E-state index contributed by atoms with van der Waals surface area (Å²) in [6.45, 7) is 4.54. The van der Waals surface area contributed by atoms with Crippen LogP contribution in [-0.2, 0) is 12.7 Å². The van der Waals surface area contributed by atoms with Gasteiger partial charge in [-0.25, -0.2) is 4.99 Å². The van der Waals surface area contributed by atoms with Gasteiger partial charge in [-0.3, -0.25) is 0 Å². The van der Waals surface area contributed by atoms with E-state index in [4.69, 9.17) is 0 Å². The van der Waals surface area contributed by atoms with Crippen molar-refractivity contribution in [3.63, 3.8) is 0 Å². The van der Waals surface area contributed by atoms with E-state index in [-0.39, 0.29) is 18.9 Å². The van der Waals surface area contributed by atoms with Gasteiger partial charge in [-0.2, -0.15) is 13.2 Å². The van der Waals surface area contributed by atoms with Crippen LogP contribution in [0.2, 0.25) is 0 Å². The number of aliphatic hydroxyl groups is 1. The maximum absolute atomic E-state index is 13.0. The number of aliphatic imine (C=N–C) groups is 1. The fraction of sp³-hybridized carbons (Fsp3) is 0.240. The Labute approximate surface area is 195 Å². The predicted molar refractivity (Wildman–Crippen MR) is 126 cm³/mol. The van der Waals surface area contributed by atoms with Crippen LogP contribution < -0.4 is 0 Å². The highest BCUT2D eigenvalue weighted by molar-refractivity contribution is 8.13. The van der Waals surface area contributed by atoms with Gasteiger partial charge in [-0.1, -0.05) is 41.6 Å². The zero-order chi connectivity index (χ0) is 24.0. The topological polar surface area (TPSA) is 56.1 Å². The lowest BCUT2D eigenvalue weighted by Gasteiger charge is -2.26. The van der Waals surface area contributed by atoms with Crippen LogP contribution in [-0.4, -0.2) is 33.4 Å². The van der Waals surface area contributed by atoms with Gasteiger partial charge < -0.3 is 15.1 Å². The molecular formula is C25H25F3N2O2S. The molecule has 0 atom stereocenters. The molecule has 0 spiro atoms. The Balaban J connectivity index is 1.99. The lowest BCUT2D eigenvalue weighted by molar-refractivity contribution is -0.137. The number of aromatic hydroxyl groups is 1. The minimum Gasteiger partial charge on any atom is -0.508 e. The molecule has 0 radical (unpaired) electrons. The number of alkyl halides is 3. The first kappa shape index (κ1) is 24.7. The summed E-state index contributed by atoms with van der Waals surface area (Å²) in [6, 6.07) is 17.4. The first-order valence-electron chi connectivity index (χ1n) is 10.3. The molecule has 3 aromatic carbocycles. The molecule has 0 aliphatic rings. The second kappa shape index (κ2) is 10.8. The van der Waals surface area contributed by atoms with Crippen molar-refractivity contribution in [1.29, 1.82) is 0 Å². The number of aryl methyl sites for hydroxylation is 2. The molecule has 0 unspecified atom stereocenters. The van der Waals surface area contributed by atoms with Crippen LogP contribution >= 0.6 is 11.8 Å². The van der Waals surface area contributed by atoms with Crippen LogP contribution in [0, 0.1) is 13.8 Å². The molecule has 174 valence electrons. The molecule has 0 saturated heterocycles. The normalized spacial score (nSPS) is 12.1. The number of aliphatic hydroxyl groups excluding tert-OH is 1. The highest BCUT2D eigenvalue weighted by Gasteiger charge is 2.30. The highest BCUT2D eigenvalue weighted by atomic mass is 32.2. The van der Waals surface area contributed by atoms with Crippen molar-refractivity contribution in [2.24, 2.45) is 4.99 Å². The maximum Gasteiger partial charge on any atom is 0.416 e. The first-order chi connectivity index (χ1) is 15.7. The fourth-order valence-corrected chi connectivity index (χ4v) is 4.18. The van der Waals surface area contributed by atoms with Crippen molar-refractivity contribution in [2.75, 3.05) is 13.2 Å². The SMILES string of the molecule is Cc1ccc(SC(=Nc2ccc(C(F)(F)F)cc2)N(CCO)Cc2ccc(O)cc2)c(C)c1. The monoisotopic (exact) mass is 474 g/mol. The van der Waals surface area contributed by atoms with E-state index in [2.05, 4.69) is 11.1 Å². The van der Waals surface area contributed by atoms with Gasteiger partial charge in [0.05, 0.1) is 17.9 Å². The average Bonchev–Trinajstić information content (AvgIpc) is 2.76. The van der Waals surface area contributed by atoms with E-state index in [0.29, 0.717) is 17.4 Å². The van der Waals surface area contributed by atoms with E-state index in [1.54, 1.807) is 24.3 Å². The molecule has 0 amide bonds. The summed E-state index contributed by atoms with van der Waals surface area (Å²) in [6.07, 6.45) is -4.42. The predicted octanol–water partition coefficient (Wildman–Crippen LogP) is 6.30. The van der Waals surface area contributed by atoms with Crippen LogP contribution in [0.3, 0.4) is 0 Å². The number of amidine groups is 1. The van der Waals surface area contributed by atoms with Crippen LogP contribution in [0.15, 0.2) is 76.6 Å². The van der Waals surface area contributed by atoms with Crippen LogP contribution in [0.1, 0.15) is 22.3 Å². The van der Waals surface area contributed by atoms with E-state index < -0.39 is 11.7 Å². The second-order valence-corrected chi connectivity index (χ2v) is 8.63. The summed E-state index contributed by atoms with van der Waals surface area (Å²) >= 11 is 1.39. The number of halogens is 3. The molecule has 0 saturated carbocycles. The van der Waals surface area contributed by atoms with Crippen LogP contribution in [0.5, 0.6) is 5.75 Å². The Morgan fingerprint density at radius 1 is 0.970 bits per heavy atom. The molecule has 3 aromatic rings. The Bertz CT molecular complexity index is 1100. The number of phenols is 1. The Morgan fingerprint density at radius 3 is 2.21 bits per heavy atom. The van der Waals surface area contributed by atoms with Gasteiger partial charge in [0.25, 0.3) is 0 Å². The fourth-order valence-electron chi connectivity index (χ4n) is 3.19. The minimum absolute atomic E-state index is 0.127. The van der Waals surface area contributed by atoms with E-state index >= 15 is 0 Å². The van der Waals surface area contributed by atoms with Gasteiger partial charge in [0, 0.05) is 18.0 Å². The quantitative estimate of drug-likeness (QED) is 0.250. The van der Waals surface area contributed by atoms with E-state index in [1.165, 1.54) is 23.9 Å². The second-order valence-electron chi connectivity index (χ2n) is 7.62. The third-order valence-corrected chi connectivity index (χ3v) is 6.11. The Kier molecular flexibility index (Phi) is 8.05. The van der Waals surface area contributed by atoms with Crippen molar-refractivity contribution in [2.45, 2.75) is 31.5 Å². The first-order valence-corrected chi connectivity index (χ1v) is 11.1. The molecule has 0 aromatic heterocycles. The van der Waals surface area contributed by atoms with Gasteiger partial charge >= 0.3 is 6.18 Å². The number of benzene rings is 3. The lowest BCUT2D eigenvalue weighted by Crippen LogP contribution is -2.31. The number of phenolic OH excluding ortho intramolecular Hbond substituents is 1. The number of nitrogens with zero attached hydrogens (tertiary/aromatic N) is 2.